The van der Waals surface area contributed by atoms with Gasteiger partial charge in [-0.1, -0.05) is 37.3 Å². The number of ether oxygens (including phenoxy) is 2. The molecule has 0 spiro atoms. The third-order valence-corrected chi connectivity index (χ3v) is 7.78. The van der Waals surface area contributed by atoms with Crippen molar-refractivity contribution in [1.82, 2.24) is 0 Å². The van der Waals surface area contributed by atoms with E-state index in [1.807, 2.05) is 26.0 Å². The molecule has 4 heteroatoms. The third-order valence-electron chi connectivity index (χ3n) is 3.56. The molecule has 100 valence electrons. The van der Waals surface area contributed by atoms with Crippen molar-refractivity contribution in [3.05, 3.63) is 24.3 Å². The molecular formula is C14H22O3Si. The van der Waals surface area contributed by atoms with Gasteiger partial charge in [-0.15, -0.1) is 0 Å². The lowest BCUT2D eigenvalue weighted by Crippen LogP contribution is -2.48. The van der Waals surface area contributed by atoms with E-state index in [0.29, 0.717) is 6.61 Å². The maximum Gasteiger partial charge on any atom is 0.306 e. The first-order valence-electron chi connectivity index (χ1n) is 6.24. The van der Waals surface area contributed by atoms with Crippen LogP contribution in [-0.4, -0.2) is 27.8 Å². The van der Waals surface area contributed by atoms with E-state index in [0.717, 1.165) is 5.75 Å². The van der Waals surface area contributed by atoms with E-state index in [1.54, 1.807) is 7.11 Å². The summed E-state index contributed by atoms with van der Waals surface area (Å²) >= 11 is 0. The number of rotatable bonds is 5. The molecule has 1 unspecified atom stereocenters. The van der Waals surface area contributed by atoms with Crippen LogP contribution in [0.25, 0.3) is 0 Å². The fourth-order valence-corrected chi connectivity index (χ4v) is 4.03. The largest absolute Gasteiger partial charge is 0.497 e. The zero-order chi connectivity index (χ0) is 13.8. The average molecular weight is 266 g/mol. The first kappa shape index (κ1) is 14.8. The topological polar surface area (TPSA) is 35.5 Å². The van der Waals surface area contributed by atoms with E-state index < -0.39 is 8.07 Å². The first-order chi connectivity index (χ1) is 8.43. The van der Waals surface area contributed by atoms with E-state index in [2.05, 4.69) is 25.2 Å². The number of carbonyl (C=O) groups is 1. The molecule has 0 fully saturated rings. The molecule has 1 rings (SSSR count). The summed E-state index contributed by atoms with van der Waals surface area (Å²) in [5.74, 6) is 0.748. The molecule has 18 heavy (non-hydrogen) atoms. The fourth-order valence-electron chi connectivity index (χ4n) is 1.83. The highest BCUT2D eigenvalue weighted by Gasteiger charge is 2.36. The maximum atomic E-state index is 11.9. The summed E-state index contributed by atoms with van der Waals surface area (Å²) in [4.78, 5) is 11.9. The highest BCUT2D eigenvalue weighted by Crippen LogP contribution is 2.23. The highest BCUT2D eigenvalue weighted by molar-refractivity contribution is 6.93. The van der Waals surface area contributed by atoms with Gasteiger partial charge in [0.15, 0.2) is 0 Å². The van der Waals surface area contributed by atoms with Crippen LogP contribution in [0.4, 0.5) is 0 Å². The molecule has 0 aliphatic heterocycles. The molecule has 0 bridgehead atoms. The minimum atomic E-state index is -1.85. The van der Waals surface area contributed by atoms with Crippen LogP contribution >= 0.6 is 0 Å². The van der Waals surface area contributed by atoms with Gasteiger partial charge in [-0.05, 0) is 19.1 Å². The van der Waals surface area contributed by atoms with Crippen molar-refractivity contribution in [1.29, 1.82) is 0 Å². The average Bonchev–Trinajstić information content (AvgIpc) is 2.38. The van der Waals surface area contributed by atoms with Gasteiger partial charge in [-0.2, -0.15) is 0 Å². The summed E-state index contributed by atoms with van der Waals surface area (Å²) in [6.45, 7) is 8.63. The summed E-state index contributed by atoms with van der Waals surface area (Å²) < 4.78 is 10.3. The van der Waals surface area contributed by atoms with Gasteiger partial charge in [-0.25, -0.2) is 0 Å². The van der Waals surface area contributed by atoms with Crippen molar-refractivity contribution in [2.45, 2.75) is 32.5 Å². The van der Waals surface area contributed by atoms with Crippen molar-refractivity contribution in [3.63, 3.8) is 0 Å². The molecule has 0 saturated heterocycles. The van der Waals surface area contributed by atoms with Crippen LogP contribution in [0.3, 0.4) is 0 Å². The van der Waals surface area contributed by atoms with Gasteiger partial charge in [0.25, 0.3) is 0 Å². The Morgan fingerprint density at radius 2 is 1.83 bits per heavy atom. The molecule has 0 saturated carbocycles. The summed E-state index contributed by atoms with van der Waals surface area (Å²) in [7, 11) is -0.197. The van der Waals surface area contributed by atoms with E-state index >= 15 is 0 Å². The van der Waals surface area contributed by atoms with Crippen LogP contribution in [-0.2, 0) is 9.53 Å². The molecule has 0 aliphatic carbocycles. The number of carbonyl (C=O) groups excluding carboxylic acids is 1. The Hall–Kier alpha value is -1.29. The molecule has 3 nitrogen and oxygen atoms in total. The van der Waals surface area contributed by atoms with Crippen LogP contribution in [0.1, 0.15) is 13.8 Å². The zero-order valence-corrected chi connectivity index (χ0v) is 12.8. The summed E-state index contributed by atoms with van der Waals surface area (Å²) in [6.07, 6.45) is 0. The smallest absolute Gasteiger partial charge is 0.306 e. The van der Waals surface area contributed by atoms with Gasteiger partial charge < -0.3 is 9.47 Å². The van der Waals surface area contributed by atoms with Crippen molar-refractivity contribution < 1.29 is 14.3 Å². The van der Waals surface area contributed by atoms with Crippen molar-refractivity contribution >= 4 is 19.2 Å². The molecule has 1 aromatic carbocycles. The van der Waals surface area contributed by atoms with E-state index in [4.69, 9.17) is 9.47 Å². The highest BCUT2D eigenvalue weighted by atomic mass is 28.3. The first-order valence-corrected chi connectivity index (χ1v) is 9.32. The minimum absolute atomic E-state index is 0.0501. The Kier molecular flexibility index (Phi) is 4.96. The molecule has 0 amide bonds. The molecule has 0 radical (unpaired) electrons. The summed E-state index contributed by atoms with van der Waals surface area (Å²) in [5.41, 5.74) is -0.0501. The van der Waals surface area contributed by atoms with Gasteiger partial charge >= 0.3 is 5.97 Å². The van der Waals surface area contributed by atoms with Gasteiger partial charge in [-0.3, -0.25) is 4.79 Å². The lowest BCUT2D eigenvalue weighted by molar-refractivity contribution is -0.142. The number of benzene rings is 1. The van der Waals surface area contributed by atoms with Crippen LogP contribution in [0.2, 0.25) is 18.6 Å². The summed E-state index contributed by atoms with van der Waals surface area (Å²) in [6, 6.07) is 8.01. The lowest BCUT2D eigenvalue weighted by atomic mass is 10.3. The lowest BCUT2D eigenvalue weighted by Gasteiger charge is -2.28. The number of methoxy groups -OCH3 is 1. The quantitative estimate of drug-likeness (QED) is 0.607. The molecule has 0 aromatic heterocycles. The zero-order valence-electron chi connectivity index (χ0n) is 11.8. The van der Waals surface area contributed by atoms with Crippen LogP contribution < -0.4 is 9.92 Å². The second-order valence-electron chi connectivity index (χ2n) is 4.92. The Labute approximate surface area is 110 Å². The Morgan fingerprint density at radius 3 is 2.28 bits per heavy atom. The van der Waals surface area contributed by atoms with Crippen LogP contribution in [0, 0.1) is 0 Å². The molecular weight excluding hydrogens is 244 g/mol. The molecule has 0 aliphatic rings. The predicted octanol–water partition coefficient (Wildman–Crippen LogP) is 2.56. The number of hydrogen-bond donors (Lipinski definition) is 0. The van der Waals surface area contributed by atoms with Crippen LogP contribution in [0.15, 0.2) is 24.3 Å². The predicted molar refractivity (Wildman–Crippen MR) is 76.2 cm³/mol. The van der Waals surface area contributed by atoms with E-state index in [1.165, 1.54) is 5.19 Å². The monoisotopic (exact) mass is 266 g/mol. The van der Waals surface area contributed by atoms with E-state index in [-0.39, 0.29) is 11.5 Å². The molecule has 0 N–H and O–H groups in total. The molecule has 1 atom stereocenters. The number of esters is 1. The molecule has 0 heterocycles. The second-order valence-corrected chi connectivity index (χ2v) is 9.81. The standard InChI is InChI=1S/C14H22O3Si/c1-6-17-14(15)11(2)18(4,5)13-9-7-12(16-3)8-10-13/h7-11H,6H2,1-5H3. The normalized spacial score (nSPS) is 12.9. The summed E-state index contributed by atoms with van der Waals surface area (Å²) in [5, 5.41) is 1.24. The Bertz CT molecular complexity index is 398. The van der Waals surface area contributed by atoms with Crippen molar-refractivity contribution in [2.75, 3.05) is 13.7 Å². The Morgan fingerprint density at radius 1 is 1.28 bits per heavy atom. The van der Waals surface area contributed by atoms with Gasteiger partial charge in [0.2, 0.25) is 0 Å². The van der Waals surface area contributed by atoms with Crippen LogP contribution in [0.5, 0.6) is 5.75 Å². The van der Waals surface area contributed by atoms with E-state index in [9.17, 15) is 4.79 Å². The Balaban J connectivity index is 2.93. The number of hydrogen-bond acceptors (Lipinski definition) is 3. The maximum absolute atomic E-state index is 11.9. The minimum Gasteiger partial charge on any atom is -0.497 e. The second kappa shape index (κ2) is 6.04. The van der Waals surface area contributed by atoms with Crippen molar-refractivity contribution in [3.8, 4) is 5.75 Å². The fraction of sp³-hybridized carbons (Fsp3) is 0.500. The third kappa shape index (κ3) is 3.13. The van der Waals surface area contributed by atoms with Gasteiger partial charge in [0, 0.05) is 0 Å². The molecule has 1 aromatic rings. The van der Waals surface area contributed by atoms with Gasteiger partial charge in [0.05, 0.1) is 27.3 Å². The van der Waals surface area contributed by atoms with Gasteiger partial charge in [0.1, 0.15) is 5.75 Å². The van der Waals surface area contributed by atoms with Crippen molar-refractivity contribution in [2.24, 2.45) is 0 Å². The SMILES string of the molecule is CCOC(=O)C(C)[Si](C)(C)c1ccc(OC)cc1.